The summed E-state index contributed by atoms with van der Waals surface area (Å²) in [5.41, 5.74) is 6.26. The number of hydrogen-bond acceptors (Lipinski definition) is 4. The standard InChI is InChI=1S/C17H15Cl2N3O2S.ClH/c1-22(15(23)9-25-17(20)21)14-7-6-10(18)8-12(14)16(24)11-4-2-3-5-13(11)19;/h2-8H,9H2,1H3,(H3,20,21);1H. The van der Waals surface area contributed by atoms with E-state index in [1.54, 1.807) is 43.4 Å². The summed E-state index contributed by atoms with van der Waals surface area (Å²) < 4.78 is 0. The zero-order chi connectivity index (χ0) is 18.6. The molecule has 0 bridgehead atoms. The Labute approximate surface area is 171 Å². The topological polar surface area (TPSA) is 87.2 Å². The fourth-order valence-corrected chi connectivity index (χ4v) is 3.01. The van der Waals surface area contributed by atoms with Crippen LogP contribution in [-0.2, 0) is 4.79 Å². The van der Waals surface area contributed by atoms with Crippen molar-refractivity contribution in [2.45, 2.75) is 0 Å². The van der Waals surface area contributed by atoms with Crippen molar-refractivity contribution in [3.63, 3.8) is 0 Å². The second-order valence-corrected chi connectivity index (χ2v) is 6.94. The van der Waals surface area contributed by atoms with Gasteiger partial charge >= 0.3 is 0 Å². The third-order valence-electron chi connectivity index (χ3n) is 3.41. The maximum absolute atomic E-state index is 12.9. The molecule has 0 saturated carbocycles. The van der Waals surface area contributed by atoms with E-state index < -0.39 is 0 Å². The van der Waals surface area contributed by atoms with Crippen LogP contribution in [0.3, 0.4) is 0 Å². The van der Waals surface area contributed by atoms with Crippen molar-refractivity contribution in [2.24, 2.45) is 5.73 Å². The second kappa shape index (κ2) is 9.83. The van der Waals surface area contributed by atoms with Crippen LogP contribution >= 0.6 is 47.4 Å². The van der Waals surface area contributed by atoms with Crippen LogP contribution in [0.25, 0.3) is 0 Å². The summed E-state index contributed by atoms with van der Waals surface area (Å²) in [6.07, 6.45) is 0. The molecule has 0 aliphatic heterocycles. The fourth-order valence-electron chi connectivity index (χ4n) is 2.14. The predicted octanol–water partition coefficient (Wildman–Crippen LogP) is 4.24. The number of rotatable bonds is 5. The van der Waals surface area contributed by atoms with Crippen molar-refractivity contribution in [2.75, 3.05) is 17.7 Å². The highest BCUT2D eigenvalue weighted by molar-refractivity contribution is 8.14. The maximum atomic E-state index is 12.9. The zero-order valence-corrected chi connectivity index (χ0v) is 16.8. The van der Waals surface area contributed by atoms with Crippen molar-refractivity contribution >= 4 is 69.9 Å². The molecule has 0 atom stereocenters. The average molecular weight is 433 g/mol. The van der Waals surface area contributed by atoms with Gasteiger partial charge in [-0.15, -0.1) is 12.4 Å². The quantitative estimate of drug-likeness (QED) is 0.420. The van der Waals surface area contributed by atoms with Gasteiger partial charge in [-0.2, -0.15) is 0 Å². The number of benzene rings is 2. The highest BCUT2D eigenvalue weighted by atomic mass is 35.5. The molecule has 1 amide bonds. The van der Waals surface area contributed by atoms with Crippen molar-refractivity contribution in [1.29, 1.82) is 5.41 Å². The van der Waals surface area contributed by atoms with E-state index in [0.717, 1.165) is 11.8 Å². The first-order valence-electron chi connectivity index (χ1n) is 7.13. The van der Waals surface area contributed by atoms with Crippen molar-refractivity contribution in [1.82, 2.24) is 0 Å². The Bertz CT molecular complexity index is 846. The summed E-state index contributed by atoms with van der Waals surface area (Å²) in [5, 5.41) is 7.74. The molecular weight excluding hydrogens is 417 g/mol. The molecule has 138 valence electrons. The number of carbonyl (C=O) groups is 2. The molecule has 0 saturated heterocycles. The van der Waals surface area contributed by atoms with Gasteiger partial charge in [0, 0.05) is 23.2 Å². The Morgan fingerprint density at radius 3 is 2.42 bits per heavy atom. The molecule has 0 heterocycles. The highest BCUT2D eigenvalue weighted by Gasteiger charge is 2.21. The lowest BCUT2D eigenvalue weighted by molar-refractivity contribution is -0.115. The van der Waals surface area contributed by atoms with Crippen LogP contribution < -0.4 is 10.6 Å². The highest BCUT2D eigenvalue weighted by Crippen LogP contribution is 2.28. The minimum Gasteiger partial charge on any atom is -0.379 e. The van der Waals surface area contributed by atoms with Crippen LogP contribution in [0, 0.1) is 5.41 Å². The molecule has 9 heteroatoms. The first kappa shape index (κ1) is 22.3. The molecule has 0 aliphatic rings. The third-order valence-corrected chi connectivity index (χ3v) is 4.68. The number of carbonyl (C=O) groups excluding carboxylic acids is 2. The van der Waals surface area contributed by atoms with Crippen LogP contribution in [0.4, 0.5) is 5.69 Å². The molecule has 0 radical (unpaired) electrons. The van der Waals surface area contributed by atoms with Gasteiger partial charge in [-0.25, -0.2) is 0 Å². The lowest BCUT2D eigenvalue weighted by Crippen LogP contribution is -2.30. The fraction of sp³-hybridized carbons (Fsp3) is 0.118. The molecule has 2 rings (SSSR count). The van der Waals surface area contributed by atoms with Crippen LogP contribution in [0.5, 0.6) is 0 Å². The van der Waals surface area contributed by atoms with E-state index in [0.29, 0.717) is 21.3 Å². The number of hydrogen-bond donors (Lipinski definition) is 2. The first-order chi connectivity index (χ1) is 11.8. The Balaban J connectivity index is 0.00000338. The number of anilines is 1. The molecule has 0 aromatic heterocycles. The van der Waals surface area contributed by atoms with Gasteiger partial charge < -0.3 is 10.6 Å². The molecule has 0 spiro atoms. The van der Waals surface area contributed by atoms with Gasteiger partial charge in [-0.1, -0.05) is 47.1 Å². The molecule has 5 nitrogen and oxygen atoms in total. The minimum atomic E-state index is -0.332. The number of ketones is 1. The number of nitrogens with two attached hydrogens (primary N) is 1. The number of halogens is 3. The van der Waals surface area contributed by atoms with E-state index in [2.05, 4.69) is 0 Å². The summed E-state index contributed by atoms with van der Waals surface area (Å²) in [6.45, 7) is 0. The summed E-state index contributed by atoms with van der Waals surface area (Å²) in [5.74, 6) is -0.633. The number of amidine groups is 1. The van der Waals surface area contributed by atoms with Crippen LogP contribution in [0.2, 0.25) is 10.0 Å². The molecule has 26 heavy (non-hydrogen) atoms. The van der Waals surface area contributed by atoms with E-state index in [1.165, 1.54) is 11.0 Å². The number of thioether (sulfide) groups is 1. The molecular formula is C17H16Cl3N3O2S. The Morgan fingerprint density at radius 2 is 1.81 bits per heavy atom. The molecule has 0 unspecified atom stereocenters. The number of nitrogens with one attached hydrogen (secondary N) is 1. The van der Waals surface area contributed by atoms with Crippen molar-refractivity contribution in [3.05, 3.63) is 63.6 Å². The smallest absolute Gasteiger partial charge is 0.237 e. The lowest BCUT2D eigenvalue weighted by Gasteiger charge is -2.20. The van der Waals surface area contributed by atoms with Crippen molar-refractivity contribution < 1.29 is 9.59 Å². The van der Waals surface area contributed by atoms with Crippen LogP contribution in [-0.4, -0.2) is 29.7 Å². The van der Waals surface area contributed by atoms with E-state index in [4.69, 9.17) is 34.3 Å². The van der Waals surface area contributed by atoms with E-state index in [9.17, 15) is 9.59 Å². The minimum absolute atomic E-state index is 0. The Morgan fingerprint density at radius 1 is 1.15 bits per heavy atom. The molecule has 2 aromatic carbocycles. The third kappa shape index (κ3) is 5.38. The number of nitrogens with zero attached hydrogens (tertiary/aromatic N) is 1. The first-order valence-corrected chi connectivity index (χ1v) is 8.87. The van der Waals surface area contributed by atoms with E-state index in [-0.39, 0.29) is 40.6 Å². The molecule has 2 aromatic rings. The molecule has 3 N–H and O–H groups in total. The van der Waals surface area contributed by atoms with Gasteiger partial charge in [0.15, 0.2) is 11.0 Å². The lowest BCUT2D eigenvalue weighted by atomic mass is 10.0. The Hall–Kier alpha value is -1.73. The summed E-state index contributed by atoms with van der Waals surface area (Å²) in [6, 6.07) is 11.4. The number of amides is 1. The van der Waals surface area contributed by atoms with Gasteiger partial charge in [0.1, 0.15) is 0 Å². The SMILES string of the molecule is CN(C(=O)CSC(=N)N)c1ccc(Cl)cc1C(=O)c1ccccc1Cl.Cl. The van der Waals surface area contributed by atoms with Crippen molar-refractivity contribution in [3.8, 4) is 0 Å². The summed E-state index contributed by atoms with van der Waals surface area (Å²) >= 11 is 13.1. The molecule has 0 aliphatic carbocycles. The van der Waals surface area contributed by atoms with Gasteiger partial charge in [0.25, 0.3) is 0 Å². The Kier molecular flexibility index (Phi) is 8.43. The summed E-state index contributed by atoms with van der Waals surface area (Å²) in [4.78, 5) is 26.5. The second-order valence-electron chi connectivity index (χ2n) is 5.08. The predicted molar refractivity (Wildman–Crippen MR) is 111 cm³/mol. The largest absolute Gasteiger partial charge is 0.379 e. The van der Waals surface area contributed by atoms with Crippen LogP contribution in [0.1, 0.15) is 15.9 Å². The van der Waals surface area contributed by atoms with Crippen LogP contribution in [0.15, 0.2) is 42.5 Å². The molecule has 0 fully saturated rings. The van der Waals surface area contributed by atoms with Gasteiger partial charge in [0.05, 0.1) is 16.5 Å². The summed E-state index contributed by atoms with van der Waals surface area (Å²) in [7, 11) is 1.55. The maximum Gasteiger partial charge on any atom is 0.237 e. The van der Waals surface area contributed by atoms with Gasteiger partial charge in [-0.05, 0) is 30.3 Å². The normalized spacial score (nSPS) is 9.96. The monoisotopic (exact) mass is 431 g/mol. The van der Waals surface area contributed by atoms with Gasteiger partial charge in [0.2, 0.25) is 5.91 Å². The van der Waals surface area contributed by atoms with Gasteiger partial charge in [-0.3, -0.25) is 15.0 Å². The van der Waals surface area contributed by atoms with E-state index >= 15 is 0 Å². The van der Waals surface area contributed by atoms with E-state index in [1.807, 2.05) is 0 Å². The average Bonchev–Trinajstić information content (AvgIpc) is 2.58. The zero-order valence-electron chi connectivity index (χ0n) is 13.7.